The van der Waals surface area contributed by atoms with E-state index in [1.54, 1.807) is 0 Å². The summed E-state index contributed by atoms with van der Waals surface area (Å²) in [4.78, 5) is 0. The van der Waals surface area contributed by atoms with Crippen LogP contribution in [0.1, 0.15) is 23.7 Å². The lowest BCUT2D eigenvalue weighted by Crippen LogP contribution is -2.07. The Kier molecular flexibility index (Phi) is 4.18. The van der Waals surface area contributed by atoms with Crippen LogP contribution in [0.3, 0.4) is 0 Å². The van der Waals surface area contributed by atoms with E-state index in [-0.39, 0.29) is 18.6 Å². The van der Waals surface area contributed by atoms with Gasteiger partial charge in [-0.2, -0.15) is 13.2 Å². The van der Waals surface area contributed by atoms with Crippen molar-refractivity contribution in [3.05, 3.63) is 34.3 Å². The van der Waals surface area contributed by atoms with Gasteiger partial charge in [0.05, 0.1) is 16.7 Å². The number of hydrogen-bond donors (Lipinski definition) is 2. The van der Waals surface area contributed by atoms with Crippen LogP contribution in [0.2, 0.25) is 5.02 Å². The Labute approximate surface area is 95.3 Å². The molecule has 0 bridgehead atoms. The van der Waals surface area contributed by atoms with Gasteiger partial charge >= 0.3 is 6.18 Å². The first kappa shape index (κ1) is 13.3. The summed E-state index contributed by atoms with van der Waals surface area (Å²) in [6.07, 6.45) is -5.45. The number of rotatable bonds is 3. The van der Waals surface area contributed by atoms with Gasteiger partial charge in [0, 0.05) is 13.0 Å². The minimum atomic E-state index is -4.50. The fraction of sp³-hybridized carbons (Fsp3) is 0.400. The molecule has 16 heavy (non-hydrogen) atoms. The summed E-state index contributed by atoms with van der Waals surface area (Å²) in [6, 6.07) is 3.03. The third kappa shape index (κ3) is 3.10. The summed E-state index contributed by atoms with van der Waals surface area (Å²) in [5.74, 6) is 0. The highest BCUT2D eigenvalue weighted by atomic mass is 35.5. The molecule has 6 heteroatoms. The van der Waals surface area contributed by atoms with Gasteiger partial charge in [-0.15, -0.1) is 0 Å². The lowest BCUT2D eigenvalue weighted by atomic mass is 10.0. The molecule has 0 saturated carbocycles. The SMILES string of the molecule is OCCC(O)c1ccc(C(F)(F)F)c(Cl)c1. The van der Waals surface area contributed by atoms with Crippen LogP contribution in [0.15, 0.2) is 18.2 Å². The first-order valence-electron chi connectivity index (χ1n) is 4.52. The van der Waals surface area contributed by atoms with Crippen molar-refractivity contribution in [1.29, 1.82) is 0 Å². The maximum absolute atomic E-state index is 12.3. The van der Waals surface area contributed by atoms with E-state index in [4.69, 9.17) is 16.7 Å². The number of alkyl halides is 3. The number of aliphatic hydroxyl groups excluding tert-OH is 2. The van der Waals surface area contributed by atoms with Crippen molar-refractivity contribution in [3.63, 3.8) is 0 Å². The average Bonchev–Trinajstić information content (AvgIpc) is 2.16. The van der Waals surface area contributed by atoms with Crippen LogP contribution in [0.25, 0.3) is 0 Å². The summed E-state index contributed by atoms with van der Waals surface area (Å²) in [5, 5.41) is 17.6. The van der Waals surface area contributed by atoms with Crippen LogP contribution in [-0.2, 0) is 6.18 Å². The van der Waals surface area contributed by atoms with E-state index in [1.807, 2.05) is 0 Å². The summed E-state index contributed by atoms with van der Waals surface area (Å²) in [5.41, 5.74) is -0.679. The van der Waals surface area contributed by atoms with Crippen molar-refractivity contribution in [2.24, 2.45) is 0 Å². The Morgan fingerprint density at radius 3 is 2.38 bits per heavy atom. The molecule has 0 heterocycles. The topological polar surface area (TPSA) is 40.5 Å². The molecule has 2 N–H and O–H groups in total. The molecular weight excluding hydrogens is 245 g/mol. The zero-order valence-corrected chi connectivity index (χ0v) is 8.89. The lowest BCUT2D eigenvalue weighted by Gasteiger charge is -2.13. The van der Waals surface area contributed by atoms with Crippen LogP contribution >= 0.6 is 11.6 Å². The van der Waals surface area contributed by atoms with Crippen molar-refractivity contribution in [1.82, 2.24) is 0 Å². The van der Waals surface area contributed by atoms with Crippen LogP contribution in [0.5, 0.6) is 0 Å². The minimum Gasteiger partial charge on any atom is -0.396 e. The molecule has 1 atom stereocenters. The Balaban J connectivity index is 3.00. The molecule has 0 spiro atoms. The molecule has 1 unspecified atom stereocenters. The van der Waals surface area contributed by atoms with E-state index in [1.165, 1.54) is 0 Å². The van der Waals surface area contributed by atoms with E-state index in [9.17, 15) is 18.3 Å². The first-order chi connectivity index (χ1) is 7.36. The molecule has 0 aliphatic rings. The van der Waals surface area contributed by atoms with E-state index in [0.29, 0.717) is 0 Å². The highest BCUT2D eigenvalue weighted by Crippen LogP contribution is 2.36. The number of halogens is 4. The molecule has 1 aromatic carbocycles. The molecule has 2 nitrogen and oxygen atoms in total. The summed E-state index contributed by atoms with van der Waals surface area (Å²) in [6.45, 7) is -0.250. The van der Waals surface area contributed by atoms with Gasteiger partial charge in [-0.25, -0.2) is 0 Å². The first-order valence-corrected chi connectivity index (χ1v) is 4.89. The zero-order chi connectivity index (χ0) is 12.3. The van der Waals surface area contributed by atoms with Crippen molar-refractivity contribution in [2.45, 2.75) is 18.7 Å². The van der Waals surface area contributed by atoms with Crippen molar-refractivity contribution >= 4 is 11.6 Å². The van der Waals surface area contributed by atoms with Gasteiger partial charge in [0.2, 0.25) is 0 Å². The fourth-order valence-corrected chi connectivity index (χ4v) is 1.55. The highest BCUT2D eigenvalue weighted by molar-refractivity contribution is 6.31. The van der Waals surface area contributed by atoms with Crippen molar-refractivity contribution in [2.75, 3.05) is 6.61 Å². The largest absolute Gasteiger partial charge is 0.417 e. The molecule has 90 valence electrons. The molecule has 0 saturated heterocycles. The van der Waals surface area contributed by atoms with E-state index in [0.717, 1.165) is 18.2 Å². The van der Waals surface area contributed by atoms with Gasteiger partial charge in [-0.05, 0) is 17.7 Å². The Morgan fingerprint density at radius 2 is 1.94 bits per heavy atom. The van der Waals surface area contributed by atoms with Gasteiger partial charge in [0.15, 0.2) is 0 Å². The molecule has 0 aromatic heterocycles. The summed E-state index contributed by atoms with van der Waals surface area (Å²) in [7, 11) is 0. The molecule has 0 radical (unpaired) electrons. The van der Waals surface area contributed by atoms with Gasteiger partial charge in [-0.1, -0.05) is 17.7 Å². The Bertz CT molecular complexity index is 366. The van der Waals surface area contributed by atoms with Crippen molar-refractivity contribution in [3.8, 4) is 0 Å². The van der Waals surface area contributed by atoms with Gasteiger partial charge in [0.1, 0.15) is 0 Å². The molecule has 0 aliphatic carbocycles. The third-order valence-corrected chi connectivity index (χ3v) is 2.40. The van der Waals surface area contributed by atoms with E-state index in [2.05, 4.69) is 0 Å². The van der Waals surface area contributed by atoms with Crippen LogP contribution in [0, 0.1) is 0 Å². The average molecular weight is 255 g/mol. The monoisotopic (exact) mass is 254 g/mol. The number of hydrogen-bond acceptors (Lipinski definition) is 2. The predicted molar refractivity (Wildman–Crippen MR) is 53.1 cm³/mol. The van der Waals surface area contributed by atoms with Gasteiger partial charge in [0.25, 0.3) is 0 Å². The number of benzene rings is 1. The van der Waals surface area contributed by atoms with Crippen molar-refractivity contribution < 1.29 is 23.4 Å². The molecule has 0 amide bonds. The van der Waals surface area contributed by atoms with Crippen LogP contribution in [-0.4, -0.2) is 16.8 Å². The molecule has 1 aromatic rings. The molecule has 1 rings (SSSR count). The summed E-state index contributed by atoms with van der Waals surface area (Å²) < 4.78 is 37.0. The fourth-order valence-electron chi connectivity index (χ4n) is 1.26. The summed E-state index contributed by atoms with van der Waals surface area (Å²) >= 11 is 5.46. The van der Waals surface area contributed by atoms with E-state index >= 15 is 0 Å². The van der Waals surface area contributed by atoms with Crippen LogP contribution < -0.4 is 0 Å². The molecule has 0 fully saturated rings. The predicted octanol–water partition coefficient (Wildman–Crippen LogP) is 2.77. The lowest BCUT2D eigenvalue weighted by molar-refractivity contribution is -0.137. The zero-order valence-electron chi connectivity index (χ0n) is 8.13. The third-order valence-electron chi connectivity index (χ3n) is 2.09. The quantitative estimate of drug-likeness (QED) is 0.871. The number of aliphatic hydroxyl groups is 2. The Morgan fingerprint density at radius 1 is 1.31 bits per heavy atom. The maximum Gasteiger partial charge on any atom is 0.417 e. The Hall–Kier alpha value is -0.780. The highest BCUT2D eigenvalue weighted by Gasteiger charge is 2.33. The normalized spacial score (nSPS) is 13.9. The molecular formula is C10H10ClF3O2. The minimum absolute atomic E-state index is 0.0572. The second-order valence-electron chi connectivity index (χ2n) is 3.27. The second kappa shape index (κ2) is 5.03. The van der Waals surface area contributed by atoms with Gasteiger partial charge < -0.3 is 10.2 Å². The standard InChI is InChI=1S/C10H10ClF3O2/c11-8-5-6(9(16)3-4-15)1-2-7(8)10(12,13)14/h1-2,5,9,15-16H,3-4H2. The van der Waals surface area contributed by atoms with Gasteiger partial charge in [-0.3, -0.25) is 0 Å². The second-order valence-corrected chi connectivity index (χ2v) is 3.67. The smallest absolute Gasteiger partial charge is 0.396 e. The molecule has 0 aliphatic heterocycles. The maximum atomic E-state index is 12.3. The van der Waals surface area contributed by atoms with E-state index < -0.39 is 22.9 Å². The van der Waals surface area contributed by atoms with Crippen LogP contribution in [0.4, 0.5) is 13.2 Å².